The van der Waals surface area contributed by atoms with Crippen LogP contribution in [0.25, 0.3) is 0 Å². The van der Waals surface area contributed by atoms with E-state index in [1.807, 2.05) is 12.1 Å². The van der Waals surface area contributed by atoms with E-state index in [2.05, 4.69) is 46.6 Å². The summed E-state index contributed by atoms with van der Waals surface area (Å²) in [6.45, 7) is 4.16. The average Bonchev–Trinajstić information content (AvgIpc) is 3.03. The molecular weight excluding hydrogens is 298 g/mol. The molecule has 24 heavy (non-hydrogen) atoms. The summed E-state index contributed by atoms with van der Waals surface area (Å²) in [4.78, 5) is 14.6. The summed E-state index contributed by atoms with van der Waals surface area (Å²) in [7, 11) is 0. The molecule has 0 radical (unpaired) electrons. The minimum absolute atomic E-state index is 0.00557. The third-order valence-electron chi connectivity index (χ3n) is 4.48. The zero-order valence-electron chi connectivity index (χ0n) is 14.0. The van der Waals surface area contributed by atoms with E-state index in [1.165, 1.54) is 16.7 Å². The van der Waals surface area contributed by atoms with E-state index in [-0.39, 0.29) is 5.91 Å². The first-order valence-electron chi connectivity index (χ1n) is 8.62. The second kappa shape index (κ2) is 8.08. The van der Waals surface area contributed by atoms with E-state index in [4.69, 9.17) is 5.73 Å². The molecule has 3 rings (SSSR count). The van der Waals surface area contributed by atoms with Crippen LogP contribution in [0.2, 0.25) is 0 Å². The predicted molar refractivity (Wildman–Crippen MR) is 96.7 cm³/mol. The molecule has 2 aromatic rings. The normalized spacial score (nSPS) is 13.7. The van der Waals surface area contributed by atoms with Gasteiger partial charge in [-0.3, -0.25) is 9.69 Å². The first-order valence-corrected chi connectivity index (χ1v) is 8.62. The van der Waals surface area contributed by atoms with Crippen molar-refractivity contribution in [1.29, 1.82) is 0 Å². The number of benzene rings is 2. The minimum Gasteiger partial charge on any atom is -0.352 e. The van der Waals surface area contributed by atoms with Gasteiger partial charge in [-0.15, -0.1) is 0 Å². The van der Waals surface area contributed by atoms with Crippen LogP contribution in [-0.4, -0.2) is 30.4 Å². The zero-order valence-corrected chi connectivity index (χ0v) is 14.0. The molecule has 0 unspecified atom stereocenters. The highest BCUT2D eigenvalue weighted by atomic mass is 16.1. The number of hydrogen-bond donors (Lipinski definition) is 2. The van der Waals surface area contributed by atoms with Gasteiger partial charge >= 0.3 is 0 Å². The van der Waals surface area contributed by atoms with Gasteiger partial charge < -0.3 is 11.1 Å². The number of hydrogen-bond acceptors (Lipinski definition) is 3. The molecule has 0 saturated heterocycles. The molecule has 0 bridgehead atoms. The maximum atomic E-state index is 12.1. The number of carbonyl (C=O) groups excluding carboxylic acids is 1. The molecule has 126 valence electrons. The summed E-state index contributed by atoms with van der Waals surface area (Å²) in [6.07, 6.45) is 1.87. The van der Waals surface area contributed by atoms with E-state index < -0.39 is 0 Å². The maximum absolute atomic E-state index is 12.1. The van der Waals surface area contributed by atoms with Gasteiger partial charge in [-0.2, -0.15) is 0 Å². The Labute approximate surface area is 143 Å². The number of nitrogens with one attached hydrogen (secondary N) is 1. The average molecular weight is 323 g/mol. The van der Waals surface area contributed by atoms with Gasteiger partial charge in [-0.25, -0.2) is 0 Å². The van der Waals surface area contributed by atoms with Crippen LogP contribution in [0, 0.1) is 0 Å². The summed E-state index contributed by atoms with van der Waals surface area (Å²) in [5.41, 5.74) is 10.2. The zero-order chi connectivity index (χ0) is 16.8. The molecular formula is C20H25N3O. The van der Waals surface area contributed by atoms with Gasteiger partial charge in [-0.1, -0.05) is 36.4 Å². The number of nitrogens with two attached hydrogens (primary N) is 1. The Morgan fingerprint density at radius 2 is 1.88 bits per heavy atom. The van der Waals surface area contributed by atoms with Crippen molar-refractivity contribution in [3.63, 3.8) is 0 Å². The lowest BCUT2D eigenvalue weighted by molar-refractivity contribution is 0.0953. The van der Waals surface area contributed by atoms with Crippen molar-refractivity contribution in [2.45, 2.75) is 25.9 Å². The highest BCUT2D eigenvalue weighted by Gasteiger charge is 2.20. The number of rotatable bonds is 7. The van der Waals surface area contributed by atoms with Crippen molar-refractivity contribution in [2.75, 3.05) is 19.6 Å². The quantitative estimate of drug-likeness (QED) is 0.769. The first-order chi connectivity index (χ1) is 11.8. The van der Waals surface area contributed by atoms with Gasteiger partial charge in [0, 0.05) is 31.7 Å². The second-order valence-corrected chi connectivity index (χ2v) is 6.33. The molecule has 3 N–H and O–H groups in total. The second-order valence-electron chi connectivity index (χ2n) is 6.33. The van der Waals surface area contributed by atoms with Crippen molar-refractivity contribution in [2.24, 2.45) is 5.73 Å². The molecule has 4 nitrogen and oxygen atoms in total. The van der Waals surface area contributed by atoms with Gasteiger partial charge in [0.25, 0.3) is 5.91 Å². The summed E-state index contributed by atoms with van der Waals surface area (Å²) in [5.74, 6) is -0.00557. The van der Waals surface area contributed by atoms with Crippen LogP contribution in [0.4, 0.5) is 0 Å². The van der Waals surface area contributed by atoms with Gasteiger partial charge in [0.05, 0.1) is 0 Å². The van der Waals surface area contributed by atoms with Crippen molar-refractivity contribution in [1.82, 2.24) is 10.2 Å². The van der Waals surface area contributed by atoms with Crippen LogP contribution < -0.4 is 11.1 Å². The van der Waals surface area contributed by atoms with E-state index >= 15 is 0 Å². The first kappa shape index (κ1) is 16.7. The Hall–Kier alpha value is -2.17. The van der Waals surface area contributed by atoms with E-state index in [9.17, 15) is 4.79 Å². The minimum atomic E-state index is -0.00557. The van der Waals surface area contributed by atoms with Crippen LogP contribution in [0.1, 0.15) is 33.5 Å². The monoisotopic (exact) mass is 323 g/mol. The van der Waals surface area contributed by atoms with E-state index in [0.29, 0.717) is 13.1 Å². The standard InChI is InChI=1S/C20H25N3O/c21-10-4-11-22-20(24)17-7-8-18-14-23(15-19(18)13-17)12-9-16-5-2-1-3-6-16/h1-3,5-8,13H,4,9-12,14-15,21H2,(H,22,24). The van der Waals surface area contributed by atoms with Crippen LogP contribution >= 0.6 is 0 Å². The fourth-order valence-corrected chi connectivity index (χ4v) is 3.10. The number of fused-ring (bicyclic) bond motifs is 1. The summed E-state index contributed by atoms with van der Waals surface area (Å²) >= 11 is 0. The Balaban J connectivity index is 1.56. The van der Waals surface area contributed by atoms with E-state index in [0.717, 1.165) is 38.0 Å². The highest BCUT2D eigenvalue weighted by Crippen LogP contribution is 2.24. The molecule has 4 heteroatoms. The number of amides is 1. The summed E-state index contributed by atoms with van der Waals surface area (Å²) in [5, 5.41) is 2.92. The molecule has 1 amide bonds. The Kier molecular flexibility index (Phi) is 5.62. The fourth-order valence-electron chi connectivity index (χ4n) is 3.10. The van der Waals surface area contributed by atoms with Crippen LogP contribution in [0.5, 0.6) is 0 Å². The number of carbonyl (C=O) groups is 1. The number of nitrogens with zero attached hydrogens (tertiary/aromatic N) is 1. The van der Waals surface area contributed by atoms with Crippen LogP contribution in [0.15, 0.2) is 48.5 Å². The Morgan fingerprint density at radius 3 is 2.67 bits per heavy atom. The van der Waals surface area contributed by atoms with Crippen molar-refractivity contribution < 1.29 is 4.79 Å². The van der Waals surface area contributed by atoms with Crippen LogP contribution in [0.3, 0.4) is 0 Å². The molecule has 2 aromatic carbocycles. The SMILES string of the molecule is NCCCNC(=O)c1ccc2c(c1)CN(CCc1ccccc1)C2. The smallest absolute Gasteiger partial charge is 0.251 e. The molecule has 0 fully saturated rings. The fraction of sp³-hybridized carbons (Fsp3) is 0.350. The Bertz CT molecular complexity index is 685. The molecule has 0 spiro atoms. The van der Waals surface area contributed by atoms with Crippen molar-refractivity contribution in [3.05, 3.63) is 70.8 Å². The third-order valence-corrected chi connectivity index (χ3v) is 4.48. The van der Waals surface area contributed by atoms with E-state index in [1.54, 1.807) is 0 Å². The lowest BCUT2D eigenvalue weighted by Crippen LogP contribution is -2.26. The highest BCUT2D eigenvalue weighted by molar-refractivity contribution is 5.94. The Morgan fingerprint density at radius 1 is 1.08 bits per heavy atom. The molecule has 1 heterocycles. The van der Waals surface area contributed by atoms with Crippen molar-refractivity contribution in [3.8, 4) is 0 Å². The topological polar surface area (TPSA) is 58.4 Å². The van der Waals surface area contributed by atoms with Gasteiger partial charge in [0.15, 0.2) is 0 Å². The molecule has 0 aromatic heterocycles. The lowest BCUT2D eigenvalue weighted by atomic mass is 10.1. The molecule has 1 aliphatic rings. The van der Waals surface area contributed by atoms with Gasteiger partial charge in [-0.05, 0) is 48.2 Å². The third kappa shape index (κ3) is 4.22. The summed E-state index contributed by atoms with van der Waals surface area (Å²) in [6, 6.07) is 16.6. The molecule has 0 saturated carbocycles. The van der Waals surface area contributed by atoms with Gasteiger partial charge in [0.1, 0.15) is 0 Å². The van der Waals surface area contributed by atoms with Crippen molar-refractivity contribution >= 4 is 5.91 Å². The molecule has 1 aliphatic heterocycles. The molecule has 0 aliphatic carbocycles. The van der Waals surface area contributed by atoms with Gasteiger partial charge in [0.2, 0.25) is 0 Å². The molecule has 0 atom stereocenters. The largest absolute Gasteiger partial charge is 0.352 e. The van der Waals surface area contributed by atoms with Crippen LogP contribution in [-0.2, 0) is 19.5 Å². The lowest BCUT2D eigenvalue weighted by Gasteiger charge is -2.14. The predicted octanol–water partition coefficient (Wildman–Crippen LogP) is 2.32. The maximum Gasteiger partial charge on any atom is 0.251 e. The summed E-state index contributed by atoms with van der Waals surface area (Å²) < 4.78 is 0.